The van der Waals surface area contributed by atoms with E-state index in [1.165, 1.54) is 0 Å². The summed E-state index contributed by atoms with van der Waals surface area (Å²) in [6.45, 7) is 6.48. The Hall–Kier alpha value is -1.88. The molecule has 5 heteroatoms. The zero-order valence-corrected chi connectivity index (χ0v) is 13.2. The van der Waals surface area contributed by atoms with Crippen LogP contribution in [0.1, 0.15) is 43.1 Å². The van der Waals surface area contributed by atoms with Crippen LogP contribution in [0.15, 0.2) is 24.3 Å². The number of rotatable bonds is 5. The van der Waals surface area contributed by atoms with Gasteiger partial charge in [-0.25, -0.2) is 0 Å². The van der Waals surface area contributed by atoms with Crippen molar-refractivity contribution in [2.24, 2.45) is 11.1 Å². The standard InChI is InChI=1S/C16H25N3O2/c1-16(2,3)13(17)9-14(20)19-10-11-5-7-12(8-6-11)15(21)18-4/h5-8,13H,9-10,17H2,1-4H3,(H,18,21)(H,19,20). The van der Waals surface area contributed by atoms with E-state index in [4.69, 9.17) is 5.73 Å². The van der Waals surface area contributed by atoms with Gasteiger partial charge in [0.25, 0.3) is 5.91 Å². The molecule has 0 spiro atoms. The average Bonchev–Trinajstić information content (AvgIpc) is 2.43. The van der Waals surface area contributed by atoms with Gasteiger partial charge < -0.3 is 16.4 Å². The highest BCUT2D eigenvalue weighted by atomic mass is 16.2. The molecule has 116 valence electrons. The molecule has 0 saturated carbocycles. The van der Waals surface area contributed by atoms with E-state index in [9.17, 15) is 9.59 Å². The molecule has 0 saturated heterocycles. The second kappa shape index (κ2) is 7.22. The molecular weight excluding hydrogens is 266 g/mol. The van der Waals surface area contributed by atoms with E-state index in [0.29, 0.717) is 18.5 Å². The molecule has 0 fully saturated rings. The molecule has 0 aliphatic carbocycles. The predicted molar refractivity (Wildman–Crippen MR) is 83.7 cm³/mol. The number of nitrogens with one attached hydrogen (secondary N) is 2. The highest BCUT2D eigenvalue weighted by molar-refractivity contribution is 5.93. The van der Waals surface area contributed by atoms with Gasteiger partial charge in [-0.2, -0.15) is 0 Å². The quantitative estimate of drug-likeness (QED) is 0.767. The van der Waals surface area contributed by atoms with E-state index >= 15 is 0 Å². The summed E-state index contributed by atoms with van der Waals surface area (Å²) in [5.41, 5.74) is 7.44. The van der Waals surface area contributed by atoms with Gasteiger partial charge in [-0.1, -0.05) is 32.9 Å². The maximum absolute atomic E-state index is 11.8. The summed E-state index contributed by atoms with van der Waals surface area (Å²) in [4.78, 5) is 23.3. The van der Waals surface area contributed by atoms with E-state index in [1.807, 2.05) is 32.9 Å². The molecule has 0 aliphatic heterocycles. The third-order valence-electron chi connectivity index (χ3n) is 3.45. The number of carbonyl (C=O) groups excluding carboxylic acids is 2. The molecule has 2 amide bonds. The Balaban J connectivity index is 2.48. The number of hydrogen-bond donors (Lipinski definition) is 3. The molecule has 1 aromatic carbocycles. The van der Waals surface area contributed by atoms with Crippen LogP contribution in [-0.2, 0) is 11.3 Å². The van der Waals surface area contributed by atoms with Crippen LogP contribution in [-0.4, -0.2) is 24.9 Å². The van der Waals surface area contributed by atoms with Gasteiger partial charge >= 0.3 is 0 Å². The summed E-state index contributed by atoms with van der Waals surface area (Å²) >= 11 is 0. The van der Waals surface area contributed by atoms with Gasteiger partial charge in [-0.15, -0.1) is 0 Å². The molecule has 0 heterocycles. The minimum absolute atomic E-state index is 0.0622. The van der Waals surface area contributed by atoms with Crippen LogP contribution in [0.4, 0.5) is 0 Å². The zero-order valence-electron chi connectivity index (χ0n) is 13.2. The number of carbonyl (C=O) groups is 2. The average molecular weight is 291 g/mol. The van der Waals surface area contributed by atoms with Crippen molar-refractivity contribution in [1.29, 1.82) is 0 Å². The van der Waals surface area contributed by atoms with Crippen LogP contribution in [0.25, 0.3) is 0 Å². The molecule has 0 radical (unpaired) electrons. The molecule has 0 bridgehead atoms. The molecule has 0 aliphatic rings. The number of nitrogens with two attached hydrogens (primary N) is 1. The molecule has 1 atom stereocenters. The Labute approximate surface area is 126 Å². The summed E-state index contributed by atoms with van der Waals surface area (Å²) in [6, 6.07) is 6.96. The van der Waals surface area contributed by atoms with Crippen molar-refractivity contribution < 1.29 is 9.59 Å². The van der Waals surface area contributed by atoms with Crippen LogP contribution in [0.2, 0.25) is 0 Å². The second-order valence-electron chi connectivity index (χ2n) is 6.23. The van der Waals surface area contributed by atoms with Crippen LogP contribution in [0.5, 0.6) is 0 Å². The molecule has 5 nitrogen and oxygen atoms in total. The Morgan fingerprint density at radius 1 is 1.19 bits per heavy atom. The minimum atomic E-state index is -0.173. The van der Waals surface area contributed by atoms with Gasteiger partial charge in [0.2, 0.25) is 5.91 Å². The van der Waals surface area contributed by atoms with E-state index in [0.717, 1.165) is 5.56 Å². The Kier molecular flexibility index (Phi) is 5.90. The smallest absolute Gasteiger partial charge is 0.251 e. The summed E-state index contributed by atoms with van der Waals surface area (Å²) in [5, 5.41) is 5.41. The molecular formula is C16H25N3O2. The van der Waals surface area contributed by atoms with Crippen LogP contribution in [0, 0.1) is 5.41 Å². The topological polar surface area (TPSA) is 84.2 Å². The first kappa shape index (κ1) is 17.2. The van der Waals surface area contributed by atoms with Crippen LogP contribution < -0.4 is 16.4 Å². The highest BCUT2D eigenvalue weighted by Gasteiger charge is 2.22. The summed E-state index contributed by atoms with van der Waals surface area (Å²) in [7, 11) is 1.59. The lowest BCUT2D eigenvalue weighted by atomic mass is 9.85. The summed E-state index contributed by atoms with van der Waals surface area (Å²) < 4.78 is 0. The molecule has 4 N–H and O–H groups in total. The third kappa shape index (κ3) is 5.55. The van der Waals surface area contributed by atoms with E-state index in [1.54, 1.807) is 19.2 Å². The fraction of sp³-hybridized carbons (Fsp3) is 0.500. The van der Waals surface area contributed by atoms with Gasteiger partial charge in [0.15, 0.2) is 0 Å². The molecule has 0 aromatic heterocycles. The fourth-order valence-corrected chi connectivity index (χ4v) is 1.70. The molecule has 21 heavy (non-hydrogen) atoms. The Morgan fingerprint density at radius 2 is 1.76 bits per heavy atom. The molecule has 1 unspecified atom stereocenters. The highest BCUT2D eigenvalue weighted by Crippen LogP contribution is 2.19. The molecule has 1 rings (SSSR count). The van der Waals surface area contributed by atoms with Crippen molar-refractivity contribution in [2.75, 3.05) is 7.05 Å². The van der Waals surface area contributed by atoms with Crippen molar-refractivity contribution >= 4 is 11.8 Å². The second-order valence-corrected chi connectivity index (χ2v) is 6.23. The van der Waals surface area contributed by atoms with Crippen molar-refractivity contribution in [3.63, 3.8) is 0 Å². The predicted octanol–water partition coefficient (Wildman–Crippen LogP) is 1.43. The van der Waals surface area contributed by atoms with Gasteiger partial charge in [0.05, 0.1) is 0 Å². The molecule has 1 aromatic rings. The lowest BCUT2D eigenvalue weighted by Gasteiger charge is -2.26. The number of benzene rings is 1. The largest absolute Gasteiger partial charge is 0.355 e. The van der Waals surface area contributed by atoms with Crippen molar-refractivity contribution in [3.05, 3.63) is 35.4 Å². The SMILES string of the molecule is CNC(=O)c1ccc(CNC(=O)CC(N)C(C)(C)C)cc1. The van der Waals surface area contributed by atoms with Crippen LogP contribution >= 0.6 is 0 Å². The van der Waals surface area contributed by atoms with E-state index in [2.05, 4.69) is 10.6 Å². The van der Waals surface area contributed by atoms with E-state index in [-0.39, 0.29) is 23.3 Å². The normalized spacial score (nSPS) is 12.6. The monoisotopic (exact) mass is 291 g/mol. The van der Waals surface area contributed by atoms with Crippen molar-refractivity contribution in [2.45, 2.75) is 39.8 Å². The lowest BCUT2D eigenvalue weighted by Crippen LogP contribution is -2.40. The zero-order chi connectivity index (χ0) is 16.0. The number of amides is 2. The van der Waals surface area contributed by atoms with Gasteiger partial charge in [0.1, 0.15) is 0 Å². The Morgan fingerprint density at radius 3 is 2.24 bits per heavy atom. The number of hydrogen-bond acceptors (Lipinski definition) is 3. The van der Waals surface area contributed by atoms with Gasteiger partial charge in [0, 0.05) is 31.6 Å². The van der Waals surface area contributed by atoms with E-state index < -0.39 is 0 Å². The Bertz CT molecular complexity index is 489. The summed E-state index contributed by atoms with van der Waals surface area (Å²) in [5.74, 6) is -0.186. The van der Waals surface area contributed by atoms with Crippen molar-refractivity contribution in [3.8, 4) is 0 Å². The fourth-order valence-electron chi connectivity index (χ4n) is 1.70. The third-order valence-corrected chi connectivity index (χ3v) is 3.45. The maximum atomic E-state index is 11.8. The first-order valence-electron chi connectivity index (χ1n) is 7.07. The lowest BCUT2D eigenvalue weighted by molar-refractivity contribution is -0.122. The maximum Gasteiger partial charge on any atom is 0.251 e. The van der Waals surface area contributed by atoms with Crippen LogP contribution in [0.3, 0.4) is 0 Å². The van der Waals surface area contributed by atoms with Gasteiger partial charge in [-0.3, -0.25) is 9.59 Å². The first-order valence-corrected chi connectivity index (χ1v) is 7.07. The van der Waals surface area contributed by atoms with Gasteiger partial charge in [-0.05, 0) is 23.1 Å². The first-order chi connectivity index (χ1) is 9.74. The van der Waals surface area contributed by atoms with Crippen molar-refractivity contribution in [1.82, 2.24) is 10.6 Å². The summed E-state index contributed by atoms with van der Waals surface area (Å²) in [6.07, 6.45) is 0.305. The minimum Gasteiger partial charge on any atom is -0.355 e.